The summed E-state index contributed by atoms with van der Waals surface area (Å²) in [5.74, 6) is -0.456. The maximum atomic E-state index is 12.3. The zero-order chi connectivity index (χ0) is 22.2. The van der Waals surface area contributed by atoms with Crippen molar-refractivity contribution in [3.05, 3.63) is 114 Å². The van der Waals surface area contributed by atoms with Gasteiger partial charge in [0.05, 0.1) is 11.7 Å². The summed E-state index contributed by atoms with van der Waals surface area (Å²) in [6.45, 7) is 0. The predicted molar refractivity (Wildman–Crippen MR) is 124 cm³/mol. The Hall–Kier alpha value is -4.58. The number of nitrogens with one attached hydrogen (secondary N) is 1. The lowest BCUT2D eigenvalue weighted by molar-refractivity contribution is -0.128. The van der Waals surface area contributed by atoms with E-state index >= 15 is 0 Å². The number of rotatable bonds is 6. The summed E-state index contributed by atoms with van der Waals surface area (Å²) in [5, 5.41) is 4.93. The number of ether oxygens (including phenoxy) is 1. The van der Waals surface area contributed by atoms with Crippen LogP contribution in [-0.4, -0.2) is 23.1 Å². The number of amides is 1. The zero-order valence-electron chi connectivity index (χ0n) is 17.0. The molecule has 1 aromatic heterocycles. The molecule has 4 rings (SSSR count). The fourth-order valence-corrected chi connectivity index (χ4v) is 2.92. The van der Waals surface area contributed by atoms with E-state index in [1.165, 1.54) is 12.3 Å². The Morgan fingerprint density at radius 2 is 1.56 bits per heavy atom. The second-order valence-corrected chi connectivity index (χ2v) is 6.82. The largest absolute Gasteiger partial charge is 0.423 e. The molecule has 3 aromatic carbocycles. The molecular formula is C26H19N3O3. The highest BCUT2D eigenvalue weighted by Gasteiger charge is 2.07. The third-order valence-electron chi connectivity index (χ3n) is 4.52. The lowest BCUT2D eigenvalue weighted by atomic mass is 10.2. The van der Waals surface area contributed by atoms with Crippen LogP contribution < -0.4 is 10.2 Å². The molecule has 0 aliphatic rings. The van der Waals surface area contributed by atoms with Crippen molar-refractivity contribution in [2.24, 2.45) is 5.10 Å². The van der Waals surface area contributed by atoms with Gasteiger partial charge in [-0.05, 0) is 53.6 Å². The minimum absolute atomic E-state index is 0.284. The molecule has 6 nitrogen and oxygen atoms in total. The number of nitrogens with zero attached hydrogens (tertiary/aromatic N) is 2. The maximum Gasteiger partial charge on any atom is 0.336 e. The van der Waals surface area contributed by atoms with Gasteiger partial charge in [-0.1, -0.05) is 54.6 Å². The number of hydrogen-bond donors (Lipinski definition) is 1. The van der Waals surface area contributed by atoms with E-state index in [2.05, 4.69) is 15.5 Å². The van der Waals surface area contributed by atoms with Gasteiger partial charge in [-0.25, -0.2) is 15.2 Å². The molecule has 32 heavy (non-hydrogen) atoms. The van der Waals surface area contributed by atoms with Crippen LogP contribution in [0.3, 0.4) is 0 Å². The van der Waals surface area contributed by atoms with Gasteiger partial charge in [0.1, 0.15) is 11.4 Å². The van der Waals surface area contributed by atoms with E-state index in [4.69, 9.17) is 4.74 Å². The molecule has 156 valence electrons. The normalized spacial score (nSPS) is 11.1. The van der Waals surface area contributed by atoms with E-state index < -0.39 is 11.9 Å². The monoisotopic (exact) mass is 421 g/mol. The van der Waals surface area contributed by atoms with Crippen molar-refractivity contribution in [2.75, 3.05) is 0 Å². The van der Waals surface area contributed by atoms with Crippen LogP contribution in [0.25, 0.3) is 17.0 Å². The van der Waals surface area contributed by atoms with Crippen LogP contribution in [0.4, 0.5) is 0 Å². The van der Waals surface area contributed by atoms with E-state index in [-0.39, 0.29) is 5.69 Å². The second-order valence-electron chi connectivity index (χ2n) is 6.82. The van der Waals surface area contributed by atoms with E-state index in [0.29, 0.717) is 5.75 Å². The summed E-state index contributed by atoms with van der Waals surface area (Å²) < 4.78 is 5.28. The number of aromatic nitrogens is 1. The first-order valence-electron chi connectivity index (χ1n) is 9.91. The smallest absolute Gasteiger partial charge is 0.336 e. The van der Waals surface area contributed by atoms with Crippen molar-refractivity contribution in [3.63, 3.8) is 0 Å². The summed E-state index contributed by atoms with van der Waals surface area (Å²) in [6.07, 6.45) is 4.57. The topological polar surface area (TPSA) is 80.6 Å². The van der Waals surface area contributed by atoms with E-state index in [1.807, 2.05) is 60.7 Å². The number of benzene rings is 3. The minimum Gasteiger partial charge on any atom is -0.423 e. The van der Waals surface area contributed by atoms with Gasteiger partial charge < -0.3 is 4.74 Å². The predicted octanol–water partition coefficient (Wildman–Crippen LogP) is 4.62. The van der Waals surface area contributed by atoms with Gasteiger partial charge in [-0.2, -0.15) is 5.10 Å². The van der Waals surface area contributed by atoms with Gasteiger partial charge >= 0.3 is 5.97 Å². The Kier molecular flexibility index (Phi) is 6.43. The summed E-state index contributed by atoms with van der Waals surface area (Å²) in [5.41, 5.74) is 5.14. The summed E-state index contributed by atoms with van der Waals surface area (Å²) in [4.78, 5) is 28.5. The van der Waals surface area contributed by atoms with Crippen molar-refractivity contribution < 1.29 is 14.3 Å². The summed E-state index contributed by atoms with van der Waals surface area (Å²) >= 11 is 0. The number of para-hydroxylation sites is 1. The minimum atomic E-state index is -0.467. The number of esters is 1. The Morgan fingerprint density at radius 1 is 0.812 bits per heavy atom. The number of hydrogen-bond acceptors (Lipinski definition) is 5. The molecule has 4 aromatic rings. The number of carbonyl (C=O) groups is 2. The molecule has 0 unspecified atom stereocenters. The Bertz CT molecular complexity index is 1300. The first-order chi connectivity index (χ1) is 15.7. The molecule has 0 saturated heterocycles. The van der Waals surface area contributed by atoms with Crippen LogP contribution >= 0.6 is 0 Å². The van der Waals surface area contributed by atoms with Gasteiger partial charge in [0, 0.05) is 11.5 Å². The highest BCUT2D eigenvalue weighted by Crippen LogP contribution is 2.13. The highest BCUT2D eigenvalue weighted by atomic mass is 16.5. The van der Waals surface area contributed by atoms with Gasteiger partial charge in [0.2, 0.25) is 0 Å². The molecule has 0 atom stereocenters. The Morgan fingerprint density at radius 3 is 2.38 bits per heavy atom. The van der Waals surface area contributed by atoms with Gasteiger partial charge in [-0.3, -0.25) is 4.79 Å². The van der Waals surface area contributed by atoms with Gasteiger partial charge in [0.15, 0.2) is 0 Å². The zero-order valence-corrected chi connectivity index (χ0v) is 17.0. The second kappa shape index (κ2) is 9.95. The fourth-order valence-electron chi connectivity index (χ4n) is 2.92. The molecule has 1 amide bonds. The van der Waals surface area contributed by atoms with Crippen molar-refractivity contribution in [1.29, 1.82) is 0 Å². The average molecular weight is 421 g/mol. The summed E-state index contributed by atoms with van der Waals surface area (Å²) in [7, 11) is 0. The lowest BCUT2D eigenvalue weighted by Crippen LogP contribution is -2.18. The van der Waals surface area contributed by atoms with Crippen LogP contribution in [0.15, 0.2) is 102 Å². The SMILES string of the molecule is O=C(/C=C/c1ccccc1)Oc1ccc(/C=N/NC(=O)c2ccc3ccccc3n2)cc1. The first-order valence-corrected chi connectivity index (χ1v) is 9.91. The molecule has 1 heterocycles. The average Bonchev–Trinajstić information content (AvgIpc) is 2.84. The standard InChI is InChI=1S/C26H19N3O3/c30-25(17-12-19-6-2-1-3-7-19)32-22-14-10-20(11-15-22)18-27-29-26(31)24-16-13-21-8-4-5-9-23(21)28-24/h1-18H,(H,29,31)/b17-12+,27-18+. The van der Waals surface area contributed by atoms with Gasteiger partial charge in [0.25, 0.3) is 5.91 Å². The van der Waals surface area contributed by atoms with E-state index in [0.717, 1.165) is 22.0 Å². The molecular weight excluding hydrogens is 402 g/mol. The fraction of sp³-hybridized carbons (Fsp3) is 0. The third kappa shape index (κ3) is 5.52. The van der Waals surface area contributed by atoms with Crippen LogP contribution in [0, 0.1) is 0 Å². The first kappa shape index (κ1) is 20.7. The van der Waals surface area contributed by atoms with Gasteiger partial charge in [-0.15, -0.1) is 0 Å². The van der Waals surface area contributed by atoms with Crippen molar-refractivity contribution in [1.82, 2.24) is 10.4 Å². The number of hydrazone groups is 1. The highest BCUT2D eigenvalue weighted by molar-refractivity contribution is 5.95. The number of carbonyl (C=O) groups excluding carboxylic acids is 2. The molecule has 0 aliphatic heterocycles. The Balaban J connectivity index is 1.31. The quantitative estimate of drug-likeness (QED) is 0.162. The van der Waals surface area contributed by atoms with E-state index in [9.17, 15) is 9.59 Å². The molecule has 0 aliphatic carbocycles. The molecule has 1 N–H and O–H groups in total. The maximum absolute atomic E-state index is 12.3. The number of pyridine rings is 1. The molecule has 0 saturated carbocycles. The molecule has 6 heteroatoms. The summed E-state index contributed by atoms with van der Waals surface area (Å²) in [6, 6.07) is 27.3. The molecule has 0 fully saturated rings. The molecule has 0 radical (unpaired) electrons. The number of fused-ring (bicyclic) bond motifs is 1. The van der Waals surface area contributed by atoms with Crippen molar-refractivity contribution in [2.45, 2.75) is 0 Å². The van der Waals surface area contributed by atoms with Crippen LogP contribution in [-0.2, 0) is 4.79 Å². The van der Waals surface area contributed by atoms with Crippen LogP contribution in [0.1, 0.15) is 21.6 Å². The molecule has 0 spiro atoms. The lowest BCUT2D eigenvalue weighted by Gasteiger charge is -2.02. The Labute approximate surface area is 184 Å². The van der Waals surface area contributed by atoms with Crippen LogP contribution in [0.2, 0.25) is 0 Å². The van der Waals surface area contributed by atoms with Crippen LogP contribution in [0.5, 0.6) is 5.75 Å². The molecule has 0 bridgehead atoms. The van der Waals surface area contributed by atoms with Crippen molar-refractivity contribution >= 4 is 35.1 Å². The third-order valence-corrected chi connectivity index (χ3v) is 4.52. The van der Waals surface area contributed by atoms with E-state index in [1.54, 1.807) is 36.4 Å². The van der Waals surface area contributed by atoms with Crippen molar-refractivity contribution in [3.8, 4) is 5.75 Å².